The van der Waals surface area contributed by atoms with E-state index in [1.165, 1.54) is 18.2 Å². The van der Waals surface area contributed by atoms with Gasteiger partial charge in [0.05, 0.1) is 11.3 Å². The molecule has 1 amide bonds. The van der Waals surface area contributed by atoms with E-state index in [0.29, 0.717) is 16.5 Å². The SMILES string of the molecule is O=C1Nc2cc(C(=O)O)ccc2O/C1=C/c1ccc(Cl)cc1. The Hall–Kier alpha value is -2.79. The number of carboxylic acids is 1. The van der Waals surface area contributed by atoms with E-state index in [0.717, 1.165) is 5.56 Å². The maximum absolute atomic E-state index is 12.0. The molecule has 0 atom stereocenters. The van der Waals surface area contributed by atoms with Gasteiger partial charge in [-0.1, -0.05) is 23.7 Å². The first-order chi connectivity index (χ1) is 10.5. The van der Waals surface area contributed by atoms with Crippen molar-refractivity contribution in [2.24, 2.45) is 0 Å². The number of ether oxygens (including phenoxy) is 1. The summed E-state index contributed by atoms with van der Waals surface area (Å²) < 4.78 is 5.54. The summed E-state index contributed by atoms with van der Waals surface area (Å²) >= 11 is 5.81. The fourth-order valence-electron chi connectivity index (χ4n) is 2.00. The van der Waals surface area contributed by atoms with Crippen LogP contribution in [0.5, 0.6) is 5.75 Å². The van der Waals surface area contributed by atoms with Crippen LogP contribution < -0.4 is 10.1 Å². The highest BCUT2D eigenvalue weighted by Crippen LogP contribution is 2.32. The van der Waals surface area contributed by atoms with Crippen LogP contribution in [0.1, 0.15) is 15.9 Å². The van der Waals surface area contributed by atoms with Crippen molar-refractivity contribution in [1.82, 2.24) is 0 Å². The van der Waals surface area contributed by atoms with Gasteiger partial charge in [-0.3, -0.25) is 4.79 Å². The van der Waals surface area contributed by atoms with Crippen molar-refractivity contribution in [1.29, 1.82) is 0 Å². The number of amides is 1. The Morgan fingerprint density at radius 3 is 2.59 bits per heavy atom. The third-order valence-corrected chi connectivity index (χ3v) is 3.34. The summed E-state index contributed by atoms with van der Waals surface area (Å²) in [6.45, 7) is 0. The molecule has 0 unspecified atom stereocenters. The molecule has 0 radical (unpaired) electrons. The number of carbonyl (C=O) groups is 2. The Bertz CT molecular complexity index is 796. The lowest BCUT2D eigenvalue weighted by atomic mass is 10.1. The van der Waals surface area contributed by atoms with Crippen LogP contribution in [0.25, 0.3) is 6.08 Å². The van der Waals surface area contributed by atoms with Crippen LogP contribution in [0.2, 0.25) is 5.02 Å². The van der Waals surface area contributed by atoms with Crippen LogP contribution in [0.4, 0.5) is 5.69 Å². The summed E-state index contributed by atoms with van der Waals surface area (Å²) in [5, 5.41) is 12.2. The van der Waals surface area contributed by atoms with Crippen molar-refractivity contribution >= 4 is 35.2 Å². The van der Waals surface area contributed by atoms with Crippen molar-refractivity contribution in [2.45, 2.75) is 0 Å². The highest BCUT2D eigenvalue weighted by Gasteiger charge is 2.23. The Morgan fingerprint density at radius 2 is 1.91 bits per heavy atom. The number of halogens is 1. The molecule has 0 bridgehead atoms. The lowest BCUT2D eigenvalue weighted by molar-refractivity contribution is -0.115. The maximum atomic E-state index is 12.0. The largest absolute Gasteiger partial charge is 0.478 e. The molecule has 22 heavy (non-hydrogen) atoms. The highest BCUT2D eigenvalue weighted by molar-refractivity contribution is 6.30. The van der Waals surface area contributed by atoms with Crippen molar-refractivity contribution in [3.8, 4) is 5.75 Å². The zero-order valence-electron chi connectivity index (χ0n) is 11.2. The molecule has 110 valence electrons. The molecular weight excluding hydrogens is 306 g/mol. The molecule has 3 rings (SSSR count). The second kappa shape index (κ2) is 5.54. The van der Waals surface area contributed by atoms with Crippen LogP contribution in [-0.4, -0.2) is 17.0 Å². The minimum Gasteiger partial charge on any atom is -0.478 e. The molecule has 2 aromatic rings. The van der Waals surface area contributed by atoms with E-state index < -0.39 is 11.9 Å². The molecule has 2 aromatic carbocycles. The van der Waals surface area contributed by atoms with Crippen LogP contribution in [0.3, 0.4) is 0 Å². The summed E-state index contributed by atoms with van der Waals surface area (Å²) in [4.78, 5) is 23.0. The number of carbonyl (C=O) groups excluding carboxylic acids is 1. The number of hydrogen-bond donors (Lipinski definition) is 2. The molecule has 0 saturated heterocycles. The van der Waals surface area contributed by atoms with Crippen LogP contribution in [0.15, 0.2) is 48.2 Å². The number of anilines is 1. The predicted octanol–water partition coefficient (Wildman–Crippen LogP) is 3.41. The van der Waals surface area contributed by atoms with E-state index in [1.807, 2.05) is 0 Å². The number of carboxylic acid groups (broad SMARTS) is 1. The summed E-state index contributed by atoms with van der Waals surface area (Å²) in [5.74, 6) is -0.993. The molecule has 1 aliphatic rings. The Balaban J connectivity index is 1.93. The molecular formula is C16H10ClNO4. The lowest BCUT2D eigenvalue weighted by Gasteiger charge is -2.20. The molecule has 1 aliphatic heterocycles. The second-order valence-corrected chi connectivity index (χ2v) is 5.07. The molecule has 1 heterocycles. The number of rotatable bonds is 2. The molecule has 5 nitrogen and oxygen atoms in total. The first kappa shape index (κ1) is 14.2. The summed E-state index contributed by atoms with van der Waals surface area (Å²) in [6.07, 6.45) is 1.58. The Morgan fingerprint density at radius 1 is 1.18 bits per heavy atom. The first-order valence-corrected chi connectivity index (χ1v) is 6.74. The van der Waals surface area contributed by atoms with Gasteiger partial charge in [-0.25, -0.2) is 4.79 Å². The van der Waals surface area contributed by atoms with Gasteiger partial charge in [0, 0.05) is 5.02 Å². The quantitative estimate of drug-likeness (QED) is 0.833. The van der Waals surface area contributed by atoms with Gasteiger partial charge in [-0.05, 0) is 42.0 Å². The van der Waals surface area contributed by atoms with Gasteiger partial charge in [0.15, 0.2) is 11.5 Å². The van der Waals surface area contributed by atoms with Gasteiger partial charge < -0.3 is 15.2 Å². The lowest BCUT2D eigenvalue weighted by Crippen LogP contribution is -2.23. The number of hydrogen-bond acceptors (Lipinski definition) is 3. The zero-order chi connectivity index (χ0) is 15.7. The minimum atomic E-state index is -1.07. The fraction of sp³-hybridized carbons (Fsp3) is 0. The summed E-state index contributed by atoms with van der Waals surface area (Å²) in [6, 6.07) is 11.2. The summed E-state index contributed by atoms with van der Waals surface area (Å²) in [5.41, 5.74) is 1.17. The number of benzene rings is 2. The average molecular weight is 316 g/mol. The standard InChI is InChI=1S/C16H10ClNO4/c17-11-4-1-9(2-5-11)7-14-15(19)18-12-8-10(16(20)21)3-6-13(12)22-14/h1-8H,(H,18,19)(H,20,21)/b14-7+. The first-order valence-electron chi connectivity index (χ1n) is 6.37. The van der Waals surface area contributed by atoms with E-state index in [4.69, 9.17) is 21.4 Å². The summed E-state index contributed by atoms with van der Waals surface area (Å²) in [7, 11) is 0. The topological polar surface area (TPSA) is 75.6 Å². The minimum absolute atomic E-state index is 0.0766. The molecule has 0 spiro atoms. The van der Waals surface area contributed by atoms with Gasteiger partial charge in [0.1, 0.15) is 0 Å². The normalized spacial score (nSPS) is 15.0. The van der Waals surface area contributed by atoms with Crippen LogP contribution >= 0.6 is 11.6 Å². The number of nitrogens with one attached hydrogen (secondary N) is 1. The molecule has 0 saturated carbocycles. The van der Waals surface area contributed by atoms with Crippen LogP contribution in [-0.2, 0) is 4.79 Å². The fourth-order valence-corrected chi connectivity index (χ4v) is 2.13. The van der Waals surface area contributed by atoms with Gasteiger partial charge in [0.25, 0.3) is 5.91 Å². The molecule has 2 N–H and O–H groups in total. The van der Waals surface area contributed by atoms with E-state index in [-0.39, 0.29) is 11.3 Å². The van der Waals surface area contributed by atoms with Crippen molar-refractivity contribution in [3.63, 3.8) is 0 Å². The molecule has 0 fully saturated rings. The van der Waals surface area contributed by atoms with Gasteiger partial charge in [-0.2, -0.15) is 0 Å². The smallest absolute Gasteiger partial charge is 0.335 e. The third-order valence-electron chi connectivity index (χ3n) is 3.09. The Kier molecular flexibility index (Phi) is 3.56. The number of fused-ring (bicyclic) bond motifs is 1. The van der Waals surface area contributed by atoms with Gasteiger partial charge in [0.2, 0.25) is 0 Å². The van der Waals surface area contributed by atoms with E-state index in [9.17, 15) is 9.59 Å². The van der Waals surface area contributed by atoms with Crippen molar-refractivity contribution in [3.05, 3.63) is 64.4 Å². The van der Waals surface area contributed by atoms with Crippen LogP contribution in [0, 0.1) is 0 Å². The third kappa shape index (κ3) is 2.80. The molecule has 6 heteroatoms. The average Bonchev–Trinajstić information content (AvgIpc) is 2.49. The monoisotopic (exact) mass is 315 g/mol. The highest BCUT2D eigenvalue weighted by atomic mass is 35.5. The van der Waals surface area contributed by atoms with Crippen molar-refractivity contribution < 1.29 is 19.4 Å². The zero-order valence-corrected chi connectivity index (χ0v) is 11.9. The maximum Gasteiger partial charge on any atom is 0.335 e. The van der Waals surface area contributed by atoms with E-state index in [2.05, 4.69) is 5.32 Å². The van der Waals surface area contributed by atoms with Gasteiger partial charge in [-0.15, -0.1) is 0 Å². The predicted molar refractivity (Wildman–Crippen MR) is 82.1 cm³/mol. The van der Waals surface area contributed by atoms with Gasteiger partial charge >= 0.3 is 5.97 Å². The number of aromatic carboxylic acids is 1. The van der Waals surface area contributed by atoms with E-state index in [1.54, 1.807) is 30.3 Å². The molecule has 0 aliphatic carbocycles. The Labute approximate surface area is 130 Å². The van der Waals surface area contributed by atoms with Crippen molar-refractivity contribution in [2.75, 3.05) is 5.32 Å². The van der Waals surface area contributed by atoms with E-state index >= 15 is 0 Å². The molecule has 0 aromatic heterocycles. The second-order valence-electron chi connectivity index (χ2n) is 4.63.